The van der Waals surface area contributed by atoms with Gasteiger partial charge in [0, 0.05) is 17.1 Å². The predicted octanol–water partition coefficient (Wildman–Crippen LogP) is -2.29. The molecule has 1 aromatic heterocycles. The maximum Gasteiger partial charge on any atom is 2.00 e. The maximum atomic E-state index is 8.19. The molecule has 0 spiro atoms. The summed E-state index contributed by atoms with van der Waals surface area (Å²) in [7, 11) is -1.14. The van der Waals surface area contributed by atoms with E-state index < -0.39 is 9.04 Å². The molecule has 1 heterocycles. The first kappa shape index (κ1) is 25.1. The minimum absolute atomic E-state index is 0. The summed E-state index contributed by atoms with van der Waals surface area (Å²) < 4.78 is 2.34. The normalized spacial score (nSPS) is 11.1. The summed E-state index contributed by atoms with van der Waals surface area (Å²) in [5.74, 6) is 0. The molecule has 0 saturated carbocycles. The number of benzene rings is 1. The van der Waals surface area contributed by atoms with Crippen molar-refractivity contribution in [3.8, 4) is 5.69 Å². The Morgan fingerprint density at radius 2 is 1.57 bits per heavy atom. The molecule has 0 fully saturated rings. The van der Waals surface area contributed by atoms with Crippen molar-refractivity contribution in [2.75, 3.05) is 0 Å². The average Bonchev–Trinajstić information content (AvgIpc) is 2.84. The van der Waals surface area contributed by atoms with Crippen LogP contribution >= 0.6 is 0 Å². The van der Waals surface area contributed by atoms with E-state index in [4.69, 9.17) is 4.80 Å². The third kappa shape index (κ3) is 6.72. The van der Waals surface area contributed by atoms with Crippen LogP contribution in [0.25, 0.3) is 11.8 Å². The molecule has 2 nitrogen and oxygen atoms in total. The third-order valence-corrected chi connectivity index (χ3v) is 3.17. The zero-order valence-electron chi connectivity index (χ0n) is 14.0. The van der Waals surface area contributed by atoms with E-state index in [1.807, 2.05) is 13.1 Å². The van der Waals surface area contributed by atoms with Crippen molar-refractivity contribution in [3.05, 3.63) is 58.9 Å². The average molecular weight is 448 g/mol. The Kier molecular flexibility index (Phi) is 12.5. The summed E-state index contributed by atoms with van der Waals surface area (Å²) in [5.41, 5.74) is 6.85. The number of aromatic nitrogens is 1. The van der Waals surface area contributed by atoms with Gasteiger partial charge in [-0.15, -0.1) is 0 Å². The summed E-state index contributed by atoms with van der Waals surface area (Å²) in [6.45, 7) is 8.10. The van der Waals surface area contributed by atoms with Gasteiger partial charge in [0.2, 0.25) is 0 Å². The second kappa shape index (κ2) is 11.4. The Balaban J connectivity index is 0. The van der Waals surface area contributed by atoms with Crippen LogP contribution in [0.15, 0.2) is 42.0 Å². The molecule has 1 N–H and O–H groups in total. The first-order chi connectivity index (χ1) is 9.49. The molecule has 0 saturated heterocycles. The topological polar surface area (TPSA) is 25.2 Å². The van der Waals surface area contributed by atoms with Gasteiger partial charge in [-0.2, -0.15) is 0 Å². The molecule has 2 aromatic rings. The second-order valence-corrected chi connectivity index (χ2v) is 7.82. The smallest absolute Gasteiger partial charge is 1.00 e. The quantitative estimate of drug-likeness (QED) is 0.490. The molecule has 6 heteroatoms. The molecule has 1 aliphatic carbocycles. The van der Waals surface area contributed by atoms with Crippen LogP contribution in [0.3, 0.4) is 0 Å². The number of rotatable bonds is 1. The van der Waals surface area contributed by atoms with E-state index >= 15 is 0 Å². The molecule has 0 radical (unpaired) electrons. The Hall–Kier alpha value is -0.120. The van der Waals surface area contributed by atoms with E-state index in [-0.39, 0.29) is 51.0 Å². The number of nitrogens with zero attached hydrogens (tertiary/aromatic N) is 1. The van der Waals surface area contributed by atoms with E-state index in [9.17, 15) is 0 Å². The van der Waals surface area contributed by atoms with Crippen molar-refractivity contribution in [3.63, 3.8) is 0 Å². The predicted molar refractivity (Wildman–Crippen MR) is 89.0 cm³/mol. The minimum Gasteiger partial charge on any atom is -1.00 e. The van der Waals surface area contributed by atoms with Gasteiger partial charge >= 0.3 is 26.2 Å². The van der Waals surface area contributed by atoms with E-state index in [2.05, 4.69) is 60.9 Å². The molecule has 1 aromatic carbocycles. The molecule has 0 amide bonds. The molecule has 23 heavy (non-hydrogen) atoms. The van der Waals surface area contributed by atoms with Crippen LogP contribution in [0.5, 0.6) is 0 Å². The van der Waals surface area contributed by atoms with Crippen LogP contribution in [0, 0.1) is 6.92 Å². The number of allylic oxidation sites excluding steroid dienone is 1. The molecule has 1 aliphatic rings. The van der Waals surface area contributed by atoms with Gasteiger partial charge in [0.15, 0.2) is 9.04 Å². The summed E-state index contributed by atoms with van der Waals surface area (Å²) >= 11 is 0. The van der Waals surface area contributed by atoms with Crippen molar-refractivity contribution >= 4 is 15.1 Å². The van der Waals surface area contributed by atoms with E-state index in [0.29, 0.717) is 0 Å². The Morgan fingerprint density at radius 1 is 1.04 bits per heavy atom. The van der Waals surface area contributed by atoms with E-state index in [1.165, 1.54) is 28.2 Å². The van der Waals surface area contributed by atoms with Gasteiger partial charge in [-0.05, 0) is 63.2 Å². The fourth-order valence-corrected chi connectivity index (χ4v) is 2.53. The molecule has 0 bridgehead atoms. The van der Waals surface area contributed by atoms with Crippen molar-refractivity contribution in [1.82, 2.24) is 4.57 Å². The monoisotopic (exact) mass is 445 g/mol. The summed E-state index contributed by atoms with van der Waals surface area (Å²) in [5, 5.41) is 0. The van der Waals surface area contributed by atoms with Gasteiger partial charge in [0.1, 0.15) is 0 Å². The molecular formula is C17H23Cl2NOSiZr. The van der Waals surface area contributed by atoms with E-state index in [1.54, 1.807) is 0 Å². The fraction of sp³-hybridized carbons (Fsp3) is 0.294. The Morgan fingerprint density at radius 3 is 2.09 bits per heavy atom. The molecule has 3 rings (SSSR count). The number of para-hydroxylation sites is 1. The summed E-state index contributed by atoms with van der Waals surface area (Å²) in [4.78, 5) is 8.19. The maximum absolute atomic E-state index is 8.19. The van der Waals surface area contributed by atoms with Crippen LogP contribution in [-0.2, 0) is 32.6 Å². The van der Waals surface area contributed by atoms with Gasteiger partial charge in [-0.1, -0.05) is 23.8 Å². The van der Waals surface area contributed by atoms with Gasteiger partial charge in [-0.3, -0.25) is 0 Å². The largest absolute Gasteiger partial charge is 2.00 e. The SMILES string of the molecule is CC1=Cc2c(cc(C)n2-c2ccccc2)C1.C[SiH](C)O.[Cl-].[Cl-].[Zr+2]. The Bertz CT molecular complexity index is 624. The third-order valence-electron chi connectivity index (χ3n) is 3.17. The number of hydrogen-bond donors (Lipinski definition) is 1. The van der Waals surface area contributed by atoms with Crippen LogP contribution in [0.1, 0.15) is 23.9 Å². The van der Waals surface area contributed by atoms with Crippen molar-refractivity contribution in [2.24, 2.45) is 0 Å². The molecule has 0 aliphatic heterocycles. The van der Waals surface area contributed by atoms with Gasteiger partial charge in [0.05, 0.1) is 0 Å². The number of halogens is 2. The number of fused-ring (bicyclic) bond motifs is 1. The van der Waals surface area contributed by atoms with E-state index in [0.717, 1.165) is 6.42 Å². The van der Waals surface area contributed by atoms with Crippen LogP contribution in [-0.4, -0.2) is 18.4 Å². The molecule has 0 atom stereocenters. The minimum atomic E-state index is -1.14. The zero-order chi connectivity index (χ0) is 14.7. The standard InChI is InChI=1S/C15H15N.C2H8OSi.2ClH.Zr/c1-11-8-13-10-12(2)16(15(13)9-11)14-6-4-3-5-7-14;1-4(2)3;;;/h3-7,9-10H,8H2,1-2H3;3-4H,1-2H3;2*1H;/q;;;;+2/p-2. The Labute approximate surface area is 172 Å². The van der Waals surface area contributed by atoms with Gasteiger partial charge < -0.3 is 34.2 Å². The summed E-state index contributed by atoms with van der Waals surface area (Å²) in [6.07, 6.45) is 3.41. The molecular weight excluding hydrogens is 424 g/mol. The zero-order valence-corrected chi connectivity index (χ0v) is 19.1. The van der Waals surface area contributed by atoms with Crippen molar-refractivity contribution < 1.29 is 55.8 Å². The van der Waals surface area contributed by atoms with Crippen molar-refractivity contribution in [1.29, 1.82) is 0 Å². The number of hydrogen-bond acceptors (Lipinski definition) is 1. The van der Waals surface area contributed by atoms with Crippen molar-refractivity contribution in [2.45, 2.75) is 33.4 Å². The van der Waals surface area contributed by atoms with Crippen LogP contribution < -0.4 is 24.8 Å². The van der Waals surface area contributed by atoms with Gasteiger partial charge in [0.25, 0.3) is 0 Å². The van der Waals surface area contributed by atoms with Crippen LogP contribution in [0.2, 0.25) is 13.1 Å². The first-order valence-electron chi connectivity index (χ1n) is 7.11. The fourth-order valence-electron chi connectivity index (χ4n) is 2.53. The second-order valence-electron chi connectivity index (χ2n) is 5.63. The number of aryl methyl sites for hydroxylation is 1. The molecule has 124 valence electrons. The first-order valence-corrected chi connectivity index (χ1v) is 9.93. The summed E-state index contributed by atoms with van der Waals surface area (Å²) in [6, 6.07) is 12.9. The van der Waals surface area contributed by atoms with Crippen LogP contribution in [0.4, 0.5) is 0 Å². The van der Waals surface area contributed by atoms with Gasteiger partial charge in [-0.25, -0.2) is 0 Å². The molecule has 0 unspecified atom stereocenters.